The van der Waals surface area contributed by atoms with Gasteiger partial charge in [0.2, 0.25) is 0 Å². The fourth-order valence-corrected chi connectivity index (χ4v) is 2.05. The fraction of sp³-hybridized carbons (Fsp3) is 0.0714. The lowest BCUT2D eigenvalue weighted by molar-refractivity contribution is 0.0927. The van der Waals surface area contributed by atoms with Crippen molar-refractivity contribution in [3.63, 3.8) is 0 Å². The molecule has 0 saturated heterocycles. The monoisotopic (exact) mass is 381 g/mol. The molecule has 114 valence electrons. The van der Waals surface area contributed by atoms with Gasteiger partial charge >= 0.3 is 0 Å². The van der Waals surface area contributed by atoms with Crippen molar-refractivity contribution in [1.29, 1.82) is 0 Å². The zero-order valence-corrected chi connectivity index (χ0v) is 13.9. The molecular formula is C14H12BrN3O3S. The lowest BCUT2D eigenvalue weighted by atomic mass is 10.1. The van der Waals surface area contributed by atoms with Gasteiger partial charge in [-0.25, -0.2) is 0 Å². The maximum Gasteiger partial charge on any atom is 0.293 e. The molecule has 0 bridgehead atoms. The molecule has 0 fully saturated rings. The molecule has 0 radical (unpaired) electrons. The van der Waals surface area contributed by atoms with Crippen molar-refractivity contribution in [2.45, 2.75) is 6.92 Å². The molecule has 0 aliphatic carbocycles. The van der Waals surface area contributed by atoms with Gasteiger partial charge in [0.1, 0.15) is 0 Å². The number of benzene rings is 1. The highest BCUT2D eigenvalue weighted by Gasteiger charge is 2.11. The highest BCUT2D eigenvalue weighted by molar-refractivity contribution is 9.10. The fourth-order valence-electron chi connectivity index (χ4n) is 1.52. The van der Waals surface area contributed by atoms with Crippen molar-refractivity contribution in [1.82, 2.24) is 16.2 Å². The molecule has 3 N–H and O–H groups in total. The van der Waals surface area contributed by atoms with Gasteiger partial charge in [-0.05, 0) is 49.0 Å². The molecule has 1 heterocycles. The largest absolute Gasteiger partial charge is 0.459 e. The number of amides is 2. The first kappa shape index (κ1) is 16.2. The summed E-state index contributed by atoms with van der Waals surface area (Å²) < 4.78 is 5.75. The van der Waals surface area contributed by atoms with E-state index in [0.29, 0.717) is 5.56 Å². The minimum Gasteiger partial charge on any atom is -0.459 e. The molecule has 0 saturated carbocycles. The van der Waals surface area contributed by atoms with Crippen LogP contribution in [-0.2, 0) is 0 Å². The molecular weight excluding hydrogens is 370 g/mol. The second-order valence-corrected chi connectivity index (χ2v) is 5.57. The summed E-state index contributed by atoms with van der Waals surface area (Å²) in [6.07, 6.45) is 1.38. The van der Waals surface area contributed by atoms with Crippen LogP contribution in [0.3, 0.4) is 0 Å². The van der Waals surface area contributed by atoms with Gasteiger partial charge < -0.3 is 4.42 Å². The van der Waals surface area contributed by atoms with E-state index in [2.05, 4.69) is 32.1 Å². The Labute approximate surface area is 140 Å². The summed E-state index contributed by atoms with van der Waals surface area (Å²) in [4.78, 5) is 23.6. The summed E-state index contributed by atoms with van der Waals surface area (Å²) >= 11 is 8.27. The highest BCUT2D eigenvalue weighted by Crippen LogP contribution is 2.17. The first-order valence-electron chi connectivity index (χ1n) is 6.18. The zero-order chi connectivity index (χ0) is 16.1. The standard InChI is InChI=1S/C14H12BrN3O3S/c1-8-4-5-9(7-10(8)15)12(19)17-18-14(22)16-13(20)11-3-2-6-21-11/h2-7H,1H3,(H,17,19)(H2,16,18,20,22). The van der Waals surface area contributed by atoms with Crippen LogP contribution in [-0.4, -0.2) is 16.9 Å². The number of nitrogens with one attached hydrogen (secondary N) is 3. The Morgan fingerprint density at radius 1 is 1.18 bits per heavy atom. The van der Waals surface area contributed by atoms with Crippen LogP contribution in [0.15, 0.2) is 45.5 Å². The lowest BCUT2D eigenvalue weighted by Crippen LogP contribution is -2.48. The third kappa shape index (κ3) is 4.15. The lowest BCUT2D eigenvalue weighted by Gasteiger charge is -2.10. The number of hydrogen-bond donors (Lipinski definition) is 3. The maximum atomic E-state index is 11.9. The third-order valence-electron chi connectivity index (χ3n) is 2.70. The van der Waals surface area contributed by atoms with Gasteiger partial charge in [0.05, 0.1) is 6.26 Å². The van der Waals surface area contributed by atoms with E-state index in [-0.39, 0.29) is 16.8 Å². The van der Waals surface area contributed by atoms with Gasteiger partial charge in [-0.15, -0.1) is 0 Å². The van der Waals surface area contributed by atoms with Gasteiger partial charge in [0.25, 0.3) is 11.8 Å². The summed E-state index contributed by atoms with van der Waals surface area (Å²) in [5.74, 6) is -0.761. The van der Waals surface area contributed by atoms with Crippen LogP contribution in [0.2, 0.25) is 0 Å². The molecule has 22 heavy (non-hydrogen) atoms. The van der Waals surface area contributed by atoms with Crippen molar-refractivity contribution in [3.05, 3.63) is 58.0 Å². The van der Waals surface area contributed by atoms with Gasteiger partial charge in [-0.2, -0.15) is 0 Å². The first-order valence-corrected chi connectivity index (χ1v) is 7.39. The Hall–Kier alpha value is -2.19. The summed E-state index contributed by atoms with van der Waals surface area (Å²) in [6.45, 7) is 1.92. The molecule has 0 atom stereocenters. The normalized spacial score (nSPS) is 9.91. The molecule has 0 spiro atoms. The van der Waals surface area contributed by atoms with Crippen LogP contribution in [0.1, 0.15) is 26.5 Å². The van der Waals surface area contributed by atoms with E-state index in [0.717, 1.165) is 10.0 Å². The molecule has 0 aliphatic rings. The number of thiocarbonyl (C=S) groups is 1. The number of hydrazine groups is 1. The Kier molecular flexibility index (Phi) is 5.29. The van der Waals surface area contributed by atoms with Gasteiger partial charge in [-0.1, -0.05) is 22.0 Å². The molecule has 8 heteroatoms. The second-order valence-electron chi connectivity index (χ2n) is 4.30. The average molecular weight is 382 g/mol. The molecule has 0 unspecified atom stereocenters. The van der Waals surface area contributed by atoms with Crippen molar-refractivity contribution in [2.24, 2.45) is 0 Å². The van der Waals surface area contributed by atoms with Crippen LogP contribution in [0.4, 0.5) is 0 Å². The molecule has 2 rings (SSSR count). The quantitative estimate of drug-likeness (QED) is 0.549. The highest BCUT2D eigenvalue weighted by atomic mass is 79.9. The third-order valence-corrected chi connectivity index (χ3v) is 3.75. The van der Waals surface area contributed by atoms with Crippen molar-refractivity contribution < 1.29 is 14.0 Å². The van der Waals surface area contributed by atoms with Crippen LogP contribution >= 0.6 is 28.1 Å². The molecule has 2 aromatic rings. The number of carbonyl (C=O) groups is 2. The minimum absolute atomic E-state index is 0.0408. The maximum absolute atomic E-state index is 11.9. The Bertz CT molecular complexity index is 716. The van der Waals surface area contributed by atoms with Gasteiger partial charge in [0.15, 0.2) is 10.9 Å². The predicted octanol–water partition coefficient (Wildman–Crippen LogP) is 2.30. The van der Waals surface area contributed by atoms with E-state index in [9.17, 15) is 9.59 Å². The number of carbonyl (C=O) groups excluding carboxylic acids is 2. The van der Waals surface area contributed by atoms with E-state index in [1.54, 1.807) is 18.2 Å². The molecule has 6 nitrogen and oxygen atoms in total. The number of halogens is 1. The summed E-state index contributed by atoms with van der Waals surface area (Å²) in [6, 6.07) is 8.27. The van der Waals surface area contributed by atoms with Crippen LogP contribution < -0.4 is 16.2 Å². The molecule has 1 aromatic carbocycles. The number of aryl methyl sites for hydroxylation is 1. The second kappa shape index (κ2) is 7.19. The summed E-state index contributed by atoms with van der Waals surface area (Å²) in [5.41, 5.74) is 6.32. The smallest absolute Gasteiger partial charge is 0.293 e. The minimum atomic E-state index is -0.505. The van der Waals surface area contributed by atoms with Gasteiger partial charge in [-0.3, -0.25) is 25.8 Å². The Morgan fingerprint density at radius 2 is 1.95 bits per heavy atom. The number of hydrogen-bond acceptors (Lipinski definition) is 4. The van der Waals surface area contributed by atoms with Crippen LogP contribution in [0, 0.1) is 6.92 Å². The Balaban J connectivity index is 1.86. The van der Waals surface area contributed by atoms with Crippen molar-refractivity contribution in [2.75, 3.05) is 0 Å². The average Bonchev–Trinajstić information content (AvgIpc) is 3.02. The SMILES string of the molecule is Cc1ccc(C(=O)NNC(=S)NC(=O)c2ccco2)cc1Br. The summed E-state index contributed by atoms with van der Waals surface area (Å²) in [5, 5.41) is 2.33. The summed E-state index contributed by atoms with van der Waals surface area (Å²) in [7, 11) is 0. The zero-order valence-electron chi connectivity index (χ0n) is 11.5. The number of furan rings is 1. The topological polar surface area (TPSA) is 83.4 Å². The van der Waals surface area contributed by atoms with Crippen LogP contribution in [0.5, 0.6) is 0 Å². The van der Waals surface area contributed by atoms with Crippen molar-refractivity contribution in [3.8, 4) is 0 Å². The predicted molar refractivity (Wildman–Crippen MR) is 88.3 cm³/mol. The molecule has 2 amide bonds. The molecule has 1 aromatic heterocycles. The van der Waals surface area contributed by atoms with E-state index in [1.807, 2.05) is 13.0 Å². The Morgan fingerprint density at radius 3 is 2.59 bits per heavy atom. The van der Waals surface area contributed by atoms with E-state index >= 15 is 0 Å². The van der Waals surface area contributed by atoms with E-state index in [4.69, 9.17) is 16.6 Å². The number of rotatable bonds is 2. The molecule has 0 aliphatic heterocycles. The van der Waals surface area contributed by atoms with Gasteiger partial charge in [0, 0.05) is 10.0 Å². The van der Waals surface area contributed by atoms with E-state index < -0.39 is 5.91 Å². The first-order chi connectivity index (χ1) is 10.5. The van der Waals surface area contributed by atoms with E-state index in [1.165, 1.54) is 12.3 Å². The van der Waals surface area contributed by atoms with Crippen LogP contribution in [0.25, 0.3) is 0 Å². The van der Waals surface area contributed by atoms with Crippen molar-refractivity contribution >= 4 is 45.1 Å².